The summed E-state index contributed by atoms with van der Waals surface area (Å²) in [4.78, 5) is 0. The molecule has 0 saturated carbocycles. The monoisotopic (exact) mass is 225 g/mol. The Kier molecular flexibility index (Phi) is 8.96. The predicted molar refractivity (Wildman–Crippen MR) is 72.6 cm³/mol. The van der Waals surface area contributed by atoms with E-state index in [1.54, 1.807) is 0 Å². The number of hydrogen-bond donors (Lipinski definition) is 3. The highest BCUT2D eigenvalue weighted by molar-refractivity contribution is 5.09. The summed E-state index contributed by atoms with van der Waals surface area (Å²) >= 11 is 0. The van der Waals surface area contributed by atoms with E-state index >= 15 is 0 Å². The van der Waals surface area contributed by atoms with E-state index < -0.39 is 0 Å². The Morgan fingerprint density at radius 2 is 1.88 bits per heavy atom. The average molecular weight is 225 g/mol. The Labute approximate surface area is 100 Å². The van der Waals surface area contributed by atoms with Crippen molar-refractivity contribution in [3.05, 3.63) is 23.9 Å². The van der Waals surface area contributed by atoms with Crippen LogP contribution >= 0.6 is 0 Å². The van der Waals surface area contributed by atoms with Crippen molar-refractivity contribution in [3.8, 4) is 0 Å². The van der Waals surface area contributed by atoms with E-state index in [1.165, 1.54) is 5.70 Å². The molecular formula is C13H27N3. The van der Waals surface area contributed by atoms with Gasteiger partial charge >= 0.3 is 0 Å². The van der Waals surface area contributed by atoms with E-state index in [9.17, 15) is 0 Å². The fourth-order valence-corrected chi connectivity index (χ4v) is 1.44. The zero-order chi connectivity index (χ0) is 12.4. The maximum absolute atomic E-state index is 3.30. The van der Waals surface area contributed by atoms with E-state index in [0.717, 1.165) is 12.8 Å². The Morgan fingerprint density at radius 3 is 2.31 bits per heavy atom. The van der Waals surface area contributed by atoms with Gasteiger partial charge in [0.1, 0.15) is 0 Å². The van der Waals surface area contributed by atoms with Crippen molar-refractivity contribution in [3.63, 3.8) is 0 Å². The Hall–Kier alpha value is -0.800. The van der Waals surface area contributed by atoms with Gasteiger partial charge in [0.2, 0.25) is 0 Å². The third-order valence-corrected chi connectivity index (χ3v) is 2.64. The second-order valence-electron chi connectivity index (χ2n) is 3.95. The van der Waals surface area contributed by atoms with Gasteiger partial charge in [-0.3, -0.25) is 0 Å². The molecule has 0 aromatic rings. The molecule has 3 heteroatoms. The van der Waals surface area contributed by atoms with Crippen LogP contribution < -0.4 is 16.0 Å². The van der Waals surface area contributed by atoms with Crippen LogP contribution in [-0.4, -0.2) is 33.2 Å². The van der Waals surface area contributed by atoms with Crippen molar-refractivity contribution in [1.82, 2.24) is 16.0 Å². The zero-order valence-corrected chi connectivity index (χ0v) is 11.3. The van der Waals surface area contributed by atoms with Crippen LogP contribution in [0.2, 0.25) is 0 Å². The van der Waals surface area contributed by atoms with Crippen LogP contribution in [0.1, 0.15) is 26.7 Å². The molecule has 3 nitrogen and oxygen atoms in total. The summed E-state index contributed by atoms with van der Waals surface area (Å²) in [6.07, 6.45) is 8.74. The number of rotatable bonds is 8. The lowest BCUT2D eigenvalue weighted by molar-refractivity contribution is 0.626. The van der Waals surface area contributed by atoms with Crippen LogP contribution in [0.5, 0.6) is 0 Å². The van der Waals surface area contributed by atoms with Gasteiger partial charge in [-0.15, -0.1) is 0 Å². The Morgan fingerprint density at radius 1 is 1.19 bits per heavy atom. The van der Waals surface area contributed by atoms with Gasteiger partial charge in [0.15, 0.2) is 0 Å². The van der Waals surface area contributed by atoms with Crippen LogP contribution in [-0.2, 0) is 0 Å². The fraction of sp³-hybridized carbons (Fsp3) is 0.692. The van der Waals surface area contributed by atoms with Gasteiger partial charge in [-0.2, -0.15) is 0 Å². The number of nitrogens with one attached hydrogen (secondary N) is 3. The first-order valence-electron chi connectivity index (χ1n) is 6.07. The fourth-order valence-electron chi connectivity index (χ4n) is 1.44. The molecule has 0 fully saturated rings. The first-order valence-corrected chi connectivity index (χ1v) is 6.07. The van der Waals surface area contributed by atoms with Crippen molar-refractivity contribution in [1.29, 1.82) is 0 Å². The molecule has 0 aromatic carbocycles. The minimum atomic E-state index is 0.398. The molecule has 2 atom stereocenters. The molecule has 0 radical (unpaired) electrons. The summed E-state index contributed by atoms with van der Waals surface area (Å²) in [5, 5.41) is 9.77. The highest BCUT2D eigenvalue weighted by Gasteiger charge is 2.05. The van der Waals surface area contributed by atoms with E-state index in [4.69, 9.17) is 0 Å². The number of likely N-dealkylation sites (N-methyl/N-ethyl adjacent to an activating group) is 2. The Balaban J connectivity index is 4.38. The van der Waals surface area contributed by atoms with E-state index in [2.05, 4.69) is 48.0 Å². The molecule has 0 heterocycles. The standard InChI is InChI=1S/C13H27N3/c1-6-7-8-12(15-4)10-13(16-5)9-11(2)14-3/h7-9,11-12,14-16H,6,10H2,1-5H3. The molecule has 2 unspecified atom stereocenters. The summed E-state index contributed by atoms with van der Waals surface area (Å²) in [6.45, 7) is 4.30. The van der Waals surface area contributed by atoms with Gasteiger partial charge in [-0.1, -0.05) is 19.1 Å². The zero-order valence-electron chi connectivity index (χ0n) is 11.3. The quantitative estimate of drug-likeness (QED) is 0.550. The van der Waals surface area contributed by atoms with Gasteiger partial charge in [-0.05, 0) is 33.5 Å². The smallest absolute Gasteiger partial charge is 0.0301 e. The van der Waals surface area contributed by atoms with E-state index in [0.29, 0.717) is 12.1 Å². The molecule has 0 aromatic heterocycles. The summed E-state index contributed by atoms with van der Waals surface area (Å²) in [7, 11) is 5.95. The molecule has 16 heavy (non-hydrogen) atoms. The van der Waals surface area contributed by atoms with Crippen molar-refractivity contribution in [2.45, 2.75) is 38.8 Å². The molecule has 0 rings (SSSR count). The van der Waals surface area contributed by atoms with E-state index in [-0.39, 0.29) is 0 Å². The van der Waals surface area contributed by atoms with Gasteiger partial charge in [-0.25, -0.2) is 0 Å². The molecule has 0 spiro atoms. The summed E-state index contributed by atoms with van der Waals surface area (Å²) in [6, 6.07) is 0.804. The van der Waals surface area contributed by atoms with Crippen molar-refractivity contribution < 1.29 is 0 Å². The van der Waals surface area contributed by atoms with E-state index in [1.807, 2.05) is 21.1 Å². The summed E-state index contributed by atoms with van der Waals surface area (Å²) < 4.78 is 0. The van der Waals surface area contributed by atoms with Crippen molar-refractivity contribution in [2.24, 2.45) is 0 Å². The first kappa shape index (κ1) is 15.2. The van der Waals surface area contributed by atoms with Gasteiger partial charge < -0.3 is 16.0 Å². The van der Waals surface area contributed by atoms with Gasteiger partial charge in [0.25, 0.3) is 0 Å². The topological polar surface area (TPSA) is 36.1 Å². The maximum atomic E-state index is 3.30. The summed E-state index contributed by atoms with van der Waals surface area (Å²) in [5.41, 5.74) is 1.27. The second-order valence-corrected chi connectivity index (χ2v) is 3.95. The number of allylic oxidation sites excluding steroid dienone is 1. The van der Waals surface area contributed by atoms with Gasteiger partial charge in [0.05, 0.1) is 0 Å². The van der Waals surface area contributed by atoms with Crippen molar-refractivity contribution in [2.75, 3.05) is 21.1 Å². The highest BCUT2D eigenvalue weighted by Crippen LogP contribution is 2.05. The van der Waals surface area contributed by atoms with Crippen LogP contribution in [0.3, 0.4) is 0 Å². The number of hydrogen-bond acceptors (Lipinski definition) is 3. The van der Waals surface area contributed by atoms with Crippen LogP contribution in [0, 0.1) is 0 Å². The summed E-state index contributed by atoms with van der Waals surface area (Å²) in [5.74, 6) is 0. The van der Waals surface area contributed by atoms with Crippen LogP contribution in [0.15, 0.2) is 23.9 Å². The molecule has 3 N–H and O–H groups in total. The normalized spacial score (nSPS) is 16.4. The minimum Gasteiger partial charge on any atom is -0.392 e. The molecule has 0 aliphatic carbocycles. The third kappa shape index (κ3) is 6.64. The predicted octanol–water partition coefficient (Wildman–Crippen LogP) is 1.64. The van der Waals surface area contributed by atoms with Crippen LogP contribution in [0.4, 0.5) is 0 Å². The largest absolute Gasteiger partial charge is 0.392 e. The minimum absolute atomic E-state index is 0.398. The molecule has 0 aliphatic rings. The molecular weight excluding hydrogens is 198 g/mol. The highest BCUT2D eigenvalue weighted by atomic mass is 14.9. The second kappa shape index (κ2) is 9.43. The lowest BCUT2D eigenvalue weighted by Gasteiger charge is -2.16. The SMILES string of the molecule is CCC=CC(CC(=CC(C)NC)NC)NC. The lowest BCUT2D eigenvalue weighted by atomic mass is 10.1. The molecule has 0 amide bonds. The molecule has 0 bridgehead atoms. The molecule has 0 saturated heterocycles. The average Bonchev–Trinajstić information content (AvgIpc) is 2.32. The first-order chi connectivity index (χ1) is 7.67. The third-order valence-electron chi connectivity index (χ3n) is 2.64. The molecule has 94 valence electrons. The molecule has 0 aliphatic heterocycles. The van der Waals surface area contributed by atoms with Crippen LogP contribution in [0.25, 0.3) is 0 Å². The lowest BCUT2D eigenvalue weighted by Crippen LogP contribution is -2.27. The van der Waals surface area contributed by atoms with Crippen molar-refractivity contribution >= 4 is 0 Å². The van der Waals surface area contributed by atoms with Gasteiger partial charge in [0, 0.05) is 31.2 Å². The maximum Gasteiger partial charge on any atom is 0.0301 e. The Bertz CT molecular complexity index is 221.